The van der Waals surface area contributed by atoms with Crippen molar-refractivity contribution in [2.24, 2.45) is 0 Å². The molecule has 2 heterocycles. The van der Waals surface area contributed by atoms with Crippen molar-refractivity contribution in [3.8, 4) is 0 Å². The molecule has 122 valence electrons. The standard InChI is InChI=1S/C17H25BrN2O2/c18-15-4-1-3-14(11-15)16(12-20-8-6-19-7-9-20)17(21)5-2-10-22-13-17/h1,3-4,11,16,19,21H,2,5-10,12-13H2. The lowest BCUT2D eigenvalue weighted by molar-refractivity contribution is -0.106. The molecule has 0 aliphatic carbocycles. The van der Waals surface area contributed by atoms with E-state index in [9.17, 15) is 5.11 Å². The SMILES string of the molecule is OC1(C(CN2CCNCC2)c2cccc(Br)c2)CCCOC1. The van der Waals surface area contributed by atoms with E-state index in [2.05, 4.69) is 44.3 Å². The van der Waals surface area contributed by atoms with E-state index in [0.29, 0.717) is 6.61 Å². The van der Waals surface area contributed by atoms with Gasteiger partial charge in [-0.3, -0.25) is 0 Å². The van der Waals surface area contributed by atoms with Crippen LogP contribution < -0.4 is 5.32 Å². The molecule has 0 aromatic heterocycles. The van der Waals surface area contributed by atoms with Crippen LogP contribution in [0.25, 0.3) is 0 Å². The number of nitrogens with one attached hydrogen (secondary N) is 1. The Balaban J connectivity index is 1.83. The molecule has 1 aromatic rings. The number of ether oxygens (including phenoxy) is 1. The van der Waals surface area contributed by atoms with Crippen LogP contribution in [-0.2, 0) is 4.74 Å². The Labute approximate surface area is 141 Å². The van der Waals surface area contributed by atoms with E-state index < -0.39 is 5.60 Å². The molecular weight excluding hydrogens is 344 g/mol. The zero-order valence-corrected chi connectivity index (χ0v) is 14.5. The van der Waals surface area contributed by atoms with Crippen LogP contribution in [0.1, 0.15) is 24.3 Å². The Morgan fingerprint density at radius 1 is 1.36 bits per heavy atom. The van der Waals surface area contributed by atoms with Gasteiger partial charge in [-0.1, -0.05) is 28.1 Å². The van der Waals surface area contributed by atoms with Crippen molar-refractivity contribution in [2.75, 3.05) is 45.9 Å². The van der Waals surface area contributed by atoms with Gasteiger partial charge in [0.2, 0.25) is 0 Å². The summed E-state index contributed by atoms with van der Waals surface area (Å²) >= 11 is 3.56. The van der Waals surface area contributed by atoms with Gasteiger partial charge in [0.15, 0.2) is 0 Å². The fraction of sp³-hybridized carbons (Fsp3) is 0.647. The summed E-state index contributed by atoms with van der Waals surface area (Å²) < 4.78 is 6.68. The second-order valence-corrected chi connectivity index (χ2v) is 7.33. The van der Waals surface area contributed by atoms with Crippen molar-refractivity contribution >= 4 is 15.9 Å². The van der Waals surface area contributed by atoms with Crippen LogP contribution in [0.4, 0.5) is 0 Å². The monoisotopic (exact) mass is 368 g/mol. The summed E-state index contributed by atoms with van der Waals surface area (Å²) in [5.74, 6) is 0.0865. The first kappa shape index (κ1) is 16.4. The Kier molecular flexibility index (Phi) is 5.52. The summed E-state index contributed by atoms with van der Waals surface area (Å²) in [5, 5.41) is 14.6. The van der Waals surface area contributed by atoms with E-state index in [1.54, 1.807) is 0 Å². The van der Waals surface area contributed by atoms with Crippen LogP contribution in [0, 0.1) is 0 Å². The van der Waals surface area contributed by atoms with E-state index in [1.807, 2.05) is 6.07 Å². The van der Waals surface area contributed by atoms with Crippen molar-refractivity contribution < 1.29 is 9.84 Å². The Bertz CT molecular complexity index is 485. The van der Waals surface area contributed by atoms with Crippen LogP contribution in [0.5, 0.6) is 0 Å². The highest BCUT2D eigenvalue weighted by Crippen LogP contribution is 2.36. The smallest absolute Gasteiger partial charge is 0.0961 e. The van der Waals surface area contributed by atoms with Crippen LogP contribution >= 0.6 is 15.9 Å². The fourth-order valence-electron chi connectivity index (χ4n) is 3.54. The minimum absolute atomic E-state index is 0.0865. The fourth-order valence-corrected chi connectivity index (χ4v) is 3.95. The molecule has 1 aromatic carbocycles. The number of hydrogen-bond acceptors (Lipinski definition) is 4. The molecule has 2 unspecified atom stereocenters. The Morgan fingerprint density at radius 2 is 2.18 bits per heavy atom. The Morgan fingerprint density at radius 3 is 2.86 bits per heavy atom. The molecule has 3 rings (SSSR count). The maximum Gasteiger partial charge on any atom is 0.0961 e. The van der Waals surface area contributed by atoms with Crippen molar-refractivity contribution in [3.05, 3.63) is 34.3 Å². The normalized spacial score (nSPS) is 28.5. The molecule has 0 radical (unpaired) electrons. The van der Waals surface area contributed by atoms with Gasteiger partial charge >= 0.3 is 0 Å². The molecule has 0 amide bonds. The third-order valence-corrected chi connectivity index (χ3v) is 5.29. The highest BCUT2D eigenvalue weighted by molar-refractivity contribution is 9.10. The molecule has 2 N–H and O–H groups in total. The molecule has 0 spiro atoms. The molecule has 22 heavy (non-hydrogen) atoms. The lowest BCUT2D eigenvalue weighted by Gasteiger charge is -2.42. The summed E-state index contributed by atoms with van der Waals surface area (Å²) in [4.78, 5) is 2.45. The molecule has 0 saturated carbocycles. The first-order valence-electron chi connectivity index (χ1n) is 8.16. The minimum atomic E-state index is -0.760. The summed E-state index contributed by atoms with van der Waals surface area (Å²) in [6, 6.07) is 8.35. The van der Waals surface area contributed by atoms with E-state index >= 15 is 0 Å². The third kappa shape index (κ3) is 3.89. The lowest BCUT2D eigenvalue weighted by Crippen LogP contribution is -2.51. The van der Waals surface area contributed by atoms with Gasteiger partial charge in [-0.2, -0.15) is 0 Å². The van der Waals surface area contributed by atoms with Gasteiger partial charge < -0.3 is 20.1 Å². The van der Waals surface area contributed by atoms with Crippen molar-refractivity contribution in [2.45, 2.75) is 24.4 Å². The Hall–Kier alpha value is -0.460. The van der Waals surface area contributed by atoms with Crippen LogP contribution in [-0.4, -0.2) is 61.5 Å². The zero-order chi connectivity index (χ0) is 15.4. The van der Waals surface area contributed by atoms with E-state index in [1.165, 1.54) is 5.56 Å². The molecule has 2 fully saturated rings. The molecule has 2 aliphatic rings. The van der Waals surface area contributed by atoms with E-state index in [-0.39, 0.29) is 5.92 Å². The molecule has 2 atom stereocenters. The van der Waals surface area contributed by atoms with Gasteiger partial charge in [0.05, 0.1) is 12.2 Å². The first-order valence-corrected chi connectivity index (χ1v) is 8.95. The van der Waals surface area contributed by atoms with E-state index in [4.69, 9.17) is 4.74 Å². The van der Waals surface area contributed by atoms with Gasteiger partial charge in [-0.25, -0.2) is 0 Å². The molecular formula is C17H25BrN2O2. The topological polar surface area (TPSA) is 44.7 Å². The summed E-state index contributed by atoms with van der Waals surface area (Å²) in [6.07, 6.45) is 1.75. The van der Waals surface area contributed by atoms with E-state index in [0.717, 1.165) is 56.6 Å². The highest BCUT2D eigenvalue weighted by atomic mass is 79.9. The maximum atomic E-state index is 11.2. The molecule has 0 bridgehead atoms. The van der Waals surface area contributed by atoms with Crippen molar-refractivity contribution in [1.82, 2.24) is 10.2 Å². The quantitative estimate of drug-likeness (QED) is 0.852. The van der Waals surface area contributed by atoms with Crippen molar-refractivity contribution in [3.63, 3.8) is 0 Å². The molecule has 5 heteroatoms. The second kappa shape index (κ2) is 7.41. The number of rotatable bonds is 4. The van der Waals surface area contributed by atoms with Gasteiger partial charge in [0, 0.05) is 49.7 Å². The largest absolute Gasteiger partial charge is 0.387 e. The minimum Gasteiger partial charge on any atom is -0.387 e. The zero-order valence-electron chi connectivity index (χ0n) is 12.9. The number of piperazine rings is 1. The van der Waals surface area contributed by atoms with Gasteiger partial charge in [-0.05, 0) is 30.5 Å². The summed E-state index contributed by atoms with van der Waals surface area (Å²) in [6.45, 7) is 6.23. The van der Waals surface area contributed by atoms with Gasteiger partial charge in [-0.15, -0.1) is 0 Å². The number of halogens is 1. The van der Waals surface area contributed by atoms with Crippen LogP contribution in [0.2, 0.25) is 0 Å². The maximum absolute atomic E-state index is 11.2. The summed E-state index contributed by atoms with van der Waals surface area (Å²) in [7, 11) is 0. The molecule has 4 nitrogen and oxygen atoms in total. The van der Waals surface area contributed by atoms with Gasteiger partial charge in [0.1, 0.15) is 0 Å². The average molecular weight is 369 g/mol. The first-order chi connectivity index (χ1) is 10.7. The highest BCUT2D eigenvalue weighted by Gasteiger charge is 2.40. The van der Waals surface area contributed by atoms with Crippen LogP contribution in [0.3, 0.4) is 0 Å². The lowest BCUT2D eigenvalue weighted by atomic mass is 9.78. The second-order valence-electron chi connectivity index (χ2n) is 6.42. The predicted molar refractivity (Wildman–Crippen MR) is 91.2 cm³/mol. The number of aliphatic hydroxyl groups is 1. The number of nitrogens with zero attached hydrogens (tertiary/aromatic N) is 1. The molecule has 2 aliphatic heterocycles. The summed E-state index contributed by atoms with van der Waals surface area (Å²) in [5.41, 5.74) is 0.435. The predicted octanol–water partition coefficient (Wildman–Crippen LogP) is 1.98. The average Bonchev–Trinajstić information content (AvgIpc) is 2.54. The van der Waals surface area contributed by atoms with Gasteiger partial charge in [0.25, 0.3) is 0 Å². The number of hydrogen-bond donors (Lipinski definition) is 2. The molecule has 2 saturated heterocycles. The third-order valence-electron chi connectivity index (χ3n) is 4.80. The van der Waals surface area contributed by atoms with Crippen LogP contribution in [0.15, 0.2) is 28.7 Å². The van der Waals surface area contributed by atoms with Crippen molar-refractivity contribution in [1.29, 1.82) is 0 Å². The number of benzene rings is 1.